The van der Waals surface area contributed by atoms with Crippen LogP contribution in [-0.4, -0.2) is 37.2 Å². The lowest BCUT2D eigenvalue weighted by atomic mass is 10.0. The Balaban J connectivity index is 4.35. The van der Waals surface area contributed by atoms with Crippen LogP contribution >= 0.6 is 0 Å². The van der Waals surface area contributed by atoms with Crippen LogP contribution in [0.2, 0.25) is 0 Å². The second-order valence-electron chi connectivity index (χ2n) is 17.8. The Morgan fingerprint density at radius 3 is 0.968 bits per heavy atom. The fourth-order valence-electron chi connectivity index (χ4n) is 7.53. The molecule has 0 heterocycles. The highest BCUT2D eigenvalue weighted by Gasteiger charge is 2.19. The highest BCUT2D eigenvalue weighted by Crippen LogP contribution is 2.15. The van der Waals surface area contributed by atoms with Gasteiger partial charge < -0.3 is 14.2 Å². The smallest absolute Gasteiger partial charge is 0.306 e. The molecule has 364 valence electrons. The van der Waals surface area contributed by atoms with Gasteiger partial charge in [0.25, 0.3) is 0 Å². The molecule has 0 fully saturated rings. The number of esters is 3. The van der Waals surface area contributed by atoms with E-state index in [1.807, 2.05) is 0 Å². The summed E-state index contributed by atoms with van der Waals surface area (Å²) in [6.45, 7) is 6.51. The first-order valence-corrected chi connectivity index (χ1v) is 26.8. The second kappa shape index (κ2) is 51.7. The van der Waals surface area contributed by atoms with E-state index in [9.17, 15) is 14.4 Å². The maximum atomic E-state index is 12.8. The summed E-state index contributed by atoms with van der Waals surface area (Å²) >= 11 is 0. The average Bonchev–Trinajstić information content (AvgIpc) is 3.28. The van der Waals surface area contributed by atoms with Gasteiger partial charge in [0.1, 0.15) is 13.2 Å². The Morgan fingerprint density at radius 1 is 0.333 bits per heavy atom. The molecule has 0 aromatic rings. The highest BCUT2D eigenvalue weighted by molar-refractivity contribution is 5.71. The van der Waals surface area contributed by atoms with Gasteiger partial charge in [-0.25, -0.2) is 0 Å². The summed E-state index contributed by atoms with van der Waals surface area (Å²) in [6.07, 6.45) is 63.4. The van der Waals surface area contributed by atoms with Crippen LogP contribution in [0.1, 0.15) is 265 Å². The van der Waals surface area contributed by atoms with Crippen molar-refractivity contribution in [2.75, 3.05) is 13.2 Å². The summed E-state index contributed by atoms with van der Waals surface area (Å²) in [5, 5.41) is 0. The molecule has 0 aromatic heterocycles. The minimum absolute atomic E-state index is 0.0770. The first kappa shape index (κ1) is 60.1. The lowest BCUT2D eigenvalue weighted by Gasteiger charge is -2.18. The zero-order valence-electron chi connectivity index (χ0n) is 41.6. The van der Waals surface area contributed by atoms with Gasteiger partial charge >= 0.3 is 17.9 Å². The van der Waals surface area contributed by atoms with Crippen molar-refractivity contribution < 1.29 is 28.6 Å². The zero-order valence-corrected chi connectivity index (χ0v) is 41.6. The van der Waals surface area contributed by atoms with Crippen molar-refractivity contribution in [3.05, 3.63) is 60.8 Å². The fourth-order valence-corrected chi connectivity index (χ4v) is 7.53. The predicted molar refractivity (Wildman–Crippen MR) is 270 cm³/mol. The number of carbonyl (C=O) groups is 3. The molecule has 0 aromatic carbocycles. The molecule has 0 saturated heterocycles. The number of ether oxygens (including phenoxy) is 3. The van der Waals surface area contributed by atoms with Crippen molar-refractivity contribution in [3.63, 3.8) is 0 Å². The monoisotopic (exact) mass is 881 g/mol. The topological polar surface area (TPSA) is 78.9 Å². The Hall–Kier alpha value is -2.89. The summed E-state index contributed by atoms with van der Waals surface area (Å²) in [5.74, 6) is -0.889. The molecule has 0 aliphatic heterocycles. The van der Waals surface area contributed by atoms with Crippen LogP contribution in [0.3, 0.4) is 0 Å². The third kappa shape index (κ3) is 50.0. The summed E-state index contributed by atoms with van der Waals surface area (Å²) < 4.78 is 16.8. The van der Waals surface area contributed by atoms with Crippen molar-refractivity contribution in [3.8, 4) is 0 Å². The molecule has 0 saturated carbocycles. The number of hydrogen-bond acceptors (Lipinski definition) is 6. The van der Waals surface area contributed by atoms with E-state index in [1.165, 1.54) is 116 Å². The van der Waals surface area contributed by atoms with Crippen LogP contribution in [0.4, 0.5) is 0 Å². The second-order valence-corrected chi connectivity index (χ2v) is 17.8. The van der Waals surface area contributed by atoms with Crippen molar-refractivity contribution >= 4 is 17.9 Å². The van der Waals surface area contributed by atoms with Gasteiger partial charge in [0.2, 0.25) is 0 Å². The van der Waals surface area contributed by atoms with Crippen molar-refractivity contribution in [1.82, 2.24) is 0 Å². The van der Waals surface area contributed by atoms with Gasteiger partial charge in [0.05, 0.1) is 0 Å². The van der Waals surface area contributed by atoms with E-state index in [2.05, 4.69) is 81.5 Å². The third-order valence-corrected chi connectivity index (χ3v) is 11.5. The molecule has 0 amide bonds. The first-order chi connectivity index (χ1) is 31.0. The average molecular weight is 881 g/mol. The van der Waals surface area contributed by atoms with E-state index in [-0.39, 0.29) is 31.1 Å². The molecular weight excluding hydrogens is 781 g/mol. The van der Waals surface area contributed by atoms with Crippen LogP contribution in [0, 0.1) is 0 Å². The highest BCUT2D eigenvalue weighted by atomic mass is 16.6. The number of unbranched alkanes of at least 4 members (excludes halogenated alkanes) is 27. The standard InChI is InChI=1S/C57H100O6/c1-4-7-10-13-16-19-22-24-25-26-27-28-29-30-31-33-35-38-41-44-47-50-56(59)62-53-54(52-61-55(58)49-46-43-40-37-34-21-18-15-12-9-6-3)63-57(60)51-48-45-42-39-36-32-23-20-17-14-11-8-5-2/h7,10,16,19,24-25,27-28,30-31,54H,4-6,8-9,11-15,17-18,20-23,26,29,32-53H2,1-3H3/b10-7-,19-16-,25-24-,28-27-,31-30-. The van der Waals surface area contributed by atoms with Crippen molar-refractivity contribution in [2.45, 2.75) is 271 Å². The van der Waals surface area contributed by atoms with E-state index in [1.54, 1.807) is 0 Å². The van der Waals surface area contributed by atoms with Crippen LogP contribution in [0.5, 0.6) is 0 Å². The molecule has 0 radical (unpaired) electrons. The van der Waals surface area contributed by atoms with Crippen LogP contribution in [0.15, 0.2) is 60.8 Å². The predicted octanol–water partition coefficient (Wildman–Crippen LogP) is 17.6. The Bertz CT molecular complexity index is 1150. The fraction of sp³-hybridized carbons (Fsp3) is 0.772. The molecule has 0 aliphatic carbocycles. The molecule has 63 heavy (non-hydrogen) atoms. The minimum Gasteiger partial charge on any atom is -0.462 e. The molecule has 0 rings (SSSR count). The summed E-state index contributed by atoms with van der Waals surface area (Å²) in [7, 11) is 0. The number of allylic oxidation sites excluding steroid dienone is 10. The molecular formula is C57H100O6. The van der Waals surface area contributed by atoms with E-state index in [0.717, 1.165) is 109 Å². The lowest BCUT2D eigenvalue weighted by Crippen LogP contribution is -2.30. The van der Waals surface area contributed by atoms with Gasteiger partial charge in [-0.15, -0.1) is 0 Å². The van der Waals surface area contributed by atoms with E-state index >= 15 is 0 Å². The molecule has 0 aliphatic rings. The van der Waals surface area contributed by atoms with E-state index in [0.29, 0.717) is 19.3 Å². The van der Waals surface area contributed by atoms with E-state index in [4.69, 9.17) is 14.2 Å². The van der Waals surface area contributed by atoms with Crippen LogP contribution < -0.4 is 0 Å². The van der Waals surface area contributed by atoms with Crippen molar-refractivity contribution in [1.29, 1.82) is 0 Å². The van der Waals surface area contributed by atoms with Gasteiger partial charge in [-0.05, 0) is 64.2 Å². The first-order valence-electron chi connectivity index (χ1n) is 26.8. The third-order valence-electron chi connectivity index (χ3n) is 11.5. The minimum atomic E-state index is -0.777. The van der Waals surface area contributed by atoms with E-state index < -0.39 is 6.10 Å². The van der Waals surface area contributed by atoms with Gasteiger partial charge in [-0.1, -0.05) is 242 Å². The maximum Gasteiger partial charge on any atom is 0.306 e. The van der Waals surface area contributed by atoms with Gasteiger partial charge in [-0.3, -0.25) is 14.4 Å². The van der Waals surface area contributed by atoms with Gasteiger partial charge in [-0.2, -0.15) is 0 Å². The zero-order chi connectivity index (χ0) is 45.8. The maximum absolute atomic E-state index is 12.8. The number of rotatable bonds is 48. The van der Waals surface area contributed by atoms with Crippen LogP contribution in [-0.2, 0) is 28.6 Å². The number of hydrogen-bond donors (Lipinski definition) is 0. The summed E-state index contributed by atoms with van der Waals surface area (Å²) in [6, 6.07) is 0. The SMILES string of the molecule is CC/C=C\C/C=C\C/C=C\C/C=C\C/C=C\CCCCCCCC(=O)OCC(COC(=O)CCCCCCCCCCCCC)OC(=O)CCCCCCCCCCCCCCC. The Labute approximate surface area is 390 Å². The van der Waals surface area contributed by atoms with Gasteiger partial charge in [0, 0.05) is 19.3 Å². The summed E-state index contributed by atoms with van der Waals surface area (Å²) in [5.41, 5.74) is 0. The Morgan fingerprint density at radius 2 is 0.619 bits per heavy atom. The van der Waals surface area contributed by atoms with Crippen LogP contribution in [0.25, 0.3) is 0 Å². The quantitative estimate of drug-likeness (QED) is 0.0262. The molecule has 1 atom stereocenters. The molecule has 0 spiro atoms. The molecule has 0 bridgehead atoms. The molecule has 6 nitrogen and oxygen atoms in total. The Kier molecular flexibility index (Phi) is 49.4. The lowest BCUT2D eigenvalue weighted by molar-refractivity contribution is -0.167. The van der Waals surface area contributed by atoms with Crippen molar-refractivity contribution in [2.24, 2.45) is 0 Å². The molecule has 6 heteroatoms. The number of carbonyl (C=O) groups excluding carboxylic acids is 3. The summed E-state index contributed by atoms with van der Waals surface area (Å²) in [4.78, 5) is 38.0. The van der Waals surface area contributed by atoms with Gasteiger partial charge in [0.15, 0.2) is 6.10 Å². The molecule has 0 N–H and O–H groups in total. The molecule has 1 unspecified atom stereocenters. The largest absolute Gasteiger partial charge is 0.462 e. The normalized spacial score (nSPS) is 12.5.